The number of carbonyl (C=O) groups is 2. The van der Waals surface area contributed by atoms with E-state index in [2.05, 4.69) is 15.5 Å². The molecule has 1 aliphatic heterocycles. The number of hydrogen-bond donors (Lipinski definition) is 2. The van der Waals surface area contributed by atoms with Crippen molar-refractivity contribution in [3.05, 3.63) is 35.9 Å². The fourth-order valence-corrected chi connectivity index (χ4v) is 3.75. The lowest BCUT2D eigenvalue weighted by atomic mass is 10.0. The second-order valence-corrected chi connectivity index (χ2v) is 8.08. The summed E-state index contributed by atoms with van der Waals surface area (Å²) in [6.45, 7) is 7.41. The lowest BCUT2D eigenvalue weighted by molar-refractivity contribution is -0.128. The average molecular weight is 390 g/mol. The molecule has 1 fully saturated rings. The molecule has 1 aliphatic rings. The van der Waals surface area contributed by atoms with Gasteiger partial charge in [0.05, 0.1) is 6.04 Å². The van der Waals surface area contributed by atoms with Crippen LogP contribution in [0.3, 0.4) is 0 Å². The van der Waals surface area contributed by atoms with Crippen molar-refractivity contribution >= 4 is 29.0 Å². The zero-order chi connectivity index (χ0) is 19.8. The highest BCUT2D eigenvalue weighted by atomic mass is 32.1. The molecule has 2 atom stereocenters. The van der Waals surface area contributed by atoms with Gasteiger partial charge in [0.15, 0.2) is 0 Å². The smallest absolute Gasteiger partial charge is 0.243 e. The third kappa shape index (κ3) is 6.94. The molecule has 1 saturated heterocycles. The predicted octanol–water partition coefficient (Wildman–Crippen LogP) is 2.69. The Labute approximate surface area is 167 Å². The summed E-state index contributed by atoms with van der Waals surface area (Å²) in [6.07, 6.45) is 3.51. The number of benzene rings is 1. The SMILES string of the molecule is CC(=O)NC(CC(C)C)C(=O)NC(Cc1ccccc1)C(=S)N1CCCC1. The molecule has 0 radical (unpaired) electrons. The highest BCUT2D eigenvalue weighted by molar-refractivity contribution is 7.80. The number of amides is 2. The predicted molar refractivity (Wildman–Crippen MR) is 113 cm³/mol. The number of nitrogens with zero attached hydrogens (tertiary/aromatic N) is 1. The summed E-state index contributed by atoms with van der Waals surface area (Å²) < 4.78 is 0. The molecule has 5 nitrogen and oxygen atoms in total. The van der Waals surface area contributed by atoms with E-state index < -0.39 is 6.04 Å². The minimum atomic E-state index is -0.540. The summed E-state index contributed by atoms with van der Waals surface area (Å²) in [5.41, 5.74) is 1.13. The van der Waals surface area contributed by atoms with E-state index in [4.69, 9.17) is 12.2 Å². The molecule has 0 saturated carbocycles. The molecule has 27 heavy (non-hydrogen) atoms. The van der Waals surface area contributed by atoms with E-state index in [0.29, 0.717) is 18.8 Å². The van der Waals surface area contributed by atoms with Crippen LogP contribution in [0.2, 0.25) is 0 Å². The van der Waals surface area contributed by atoms with E-state index >= 15 is 0 Å². The van der Waals surface area contributed by atoms with Gasteiger partial charge in [-0.3, -0.25) is 9.59 Å². The molecule has 2 rings (SSSR count). The third-order valence-corrected chi connectivity index (χ3v) is 5.26. The van der Waals surface area contributed by atoms with Crippen molar-refractivity contribution in [3.63, 3.8) is 0 Å². The fourth-order valence-electron chi connectivity index (χ4n) is 3.43. The Morgan fingerprint density at radius 2 is 1.70 bits per heavy atom. The van der Waals surface area contributed by atoms with Crippen LogP contribution in [-0.2, 0) is 16.0 Å². The van der Waals surface area contributed by atoms with Crippen LogP contribution in [0.1, 0.15) is 45.6 Å². The van der Waals surface area contributed by atoms with Crippen LogP contribution in [0.15, 0.2) is 30.3 Å². The summed E-state index contributed by atoms with van der Waals surface area (Å²) in [7, 11) is 0. The van der Waals surface area contributed by atoms with E-state index in [0.717, 1.165) is 36.5 Å². The fraction of sp³-hybridized carbons (Fsp3) is 0.571. The Morgan fingerprint density at radius 3 is 2.26 bits per heavy atom. The van der Waals surface area contributed by atoms with Crippen LogP contribution >= 0.6 is 12.2 Å². The van der Waals surface area contributed by atoms with Crippen molar-refractivity contribution in [3.8, 4) is 0 Å². The molecule has 2 N–H and O–H groups in total. The zero-order valence-electron chi connectivity index (χ0n) is 16.5. The summed E-state index contributed by atoms with van der Waals surface area (Å²) >= 11 is 5.74. The molecule has 1 heterocycles. The summed E-state index contributed by atoms with van der Waals surface area (Å²) in [6, 6.07) is 9.26. The van der Waals surface area contributed by atoms with E-state index in [1.165, 1.54) is 6.92 Å². The number of rotatable bonds is 8. The van der Waals surface area contributed by atoms with Gasteiger partial charge in [0, 0.05) is 20.0 Å². The maximum atomic E-state index is 12.9. The summed E-state index contributed by atoms with van der Waals surface area (Å²) in [5, 5.41) is 5.90. The monoisotopic (exact) mass is 389 g/mol. The number of carbonyl (C=O) groups excluding carboxylic acids is 2. The van der Waals surface area contributed by atoms with Gasteiger partial charge in [-0.1, -0.05) is 56.4 Å². The van der Waals surface area contributed by atoms with Gasteiger partial charge < -0.3 is 15.5 Å². The molecule has 0 aliphatic carbocycles. The van der Waals surface area contributed by atoms with Gasteiger partial charge in [0.1, 0.15) is 11.0 Å². The molecule has 148 valence electrons. The second-order valence-electron chi connectivity index (χ2n) is 7.67. The summed E-state index contributed by atoms with van der Waals surface area (Å²) in [5.74, 6) is -0.0652. The highest BCUT2D eigenvalue weighted by Gasteiger charge is 2.28. The Hall–Kier alpha value is -1.95. The Kier molecular flexibility index (Phi) is 8.23. The minimum absolute atomic E-state index is 0.165. The molecular weight excluding hydrogens is 358 g/mol. The van der Waals surface area contributed by atoms with Gasteiger partial charge >= 0.3 is 0 Å². The van der Waals surface area contributed by atoms with Gasteiger partial charge in [-0.25, -0.2) is 0 Å². The van der Waals surface area contributed by atoms with E-state index in [9.17, 15) is 9.59 Å². The normalized spacial score (nSPS) is 16.1. The quantitative estimate of drug-likeness (QED) is 0.671. The first-order valence-corrected chi connectivity index (χ1v) is 10.2. The maximum absolute atomic E-state index is 12.9. The van der Waals surface area contributed by atoms with Crippen LogP contribution in [0.25, 0.3) is 0 Å². The zero-order valence-corrected chi connectivity index (χ0v) is 17.3. The van der Waals surface area contributed by atoms with Gasteiger partial charge in [0.2, 0.25) is 11.8 Å². The summed E-state index contributed by atoms with van der Waals surface area (Å²) in [4.78, 5) is 27.4. The van der Waals surface area contributed by atoms with Crippen LogP contribution in [0.4, 0.5) is 0 Å². The second kappa shape index (κ2) is 10.4. The molecule has 0 spiro atoms. The molecule has 1 aromatic carbocycles. The molecule has 2 unspecified atom stereocenters. The molecule has 0 aromatic heterocycles. The topological polar surface area (TPSA) is 61.4 Å². The van der Waals surface area contributed by atoms with E-state index in [1.54, 1.807) is 0 Å². The number of likely N-dealkylation sites (tertiary alicyclic amines) is 1. The van der Waals surface area contributed by atoms with Gasteiger partial charge in [-0.05, 0) is 37.2 Å². The molecular formula is C21H31N3O2S. The number of nitrogens with one attached hydrogen (secondary N) is 2. The molecule has 6 heteroatoms. The lowest BCUT2D eigenvalue weighted by Gasteiger charge is -2.29. The largest absolute Gasteiger partial charge is 0.364 e. The standard InChI is InChI=1S/C21H31N3O2S/c1-15(2)13-18(22-16(3)25)20(26)23-19(14-17-9-5-4-6-10-17)21(27)24-11-7-8-12-24/h4-6,9-10,15,18-19H,7-8,11-14H2,1-3H3,(H,22,25)(H,23,26). The van der Waals surface area contributed by atoms with Gasteiger partial charge in [-0.15, -0.1) is 0 Å². The van der Waals surface area contributed by atoms with E-state index in [1.807, 2.05) is 44.2 Å². The lowest BCUT2D eigenvalue weighted by Crippen LogP contribution is -2.54. The Morgan fingerprint density at radius 1 is 1.07 bits per heavy atom. The third-order valence-electron chi connectivity index (χ3n) is 4.72. The van der Waals surface area contributed by atoms with Crippen molar-refractivity contribution in [1.29, 1.82) is 0 Å². The van der Waals surface area contributed by atoms with E-state index in [-0.39, 0.29) is 17.9 Å². The van der Waals surface area contributed by atoms with Crippen molar-refractivity contribution in [2.75, 3.05) is 13.1 Å². The molecule has 2 amide bonds. The number of thiocarbonyl (C=S) groups is 1. The maximum Gasteiger partial charge on any atom is 0.243 e. The Balaban J connectivity index is 2.14. The Bertz CT molecular complexity index is 642. The number of hydrogen-bond acceptors (Lipinski definition) is 3. The van der Waals surface area contributed by atoms with Crippen molar-refractivity contribution in [2.45, 2.75) is 58.5 Å². The van der Waals surface area contributed by atoms with Crippen molar-refractivity contribution in [2.24, 2.45) is 5.92 Å². The first-order chi connectivity index (χ1) is 12.9. The van der Waals surface area contributed by atoms with Gasteiger partial charge in [-0.2, -0.15) is 0 Å². The van der Waals surface area contributed by atoms with Gasteiger partial charge in [0.25, 0.3) is 0 Å². The highest BCUT2D eigenvalue weighted by Crippen LogP contribution is 2.14. The van der Waals surface area contributed by atoms with Crippen molar-refractivity contribution < 1.29 is 9.59 Å². The van der Waals surface area contributed by atoms with Crippen LogP contribution in [0, 0.1) is 5.92 Å². The molecule has 1 aromatic rings. The van der Waals surface area contributed by atoms with Crippen molar-refractivity contribution in [1.82, 2.24) is 15.5 Å². The average Bonchev–Trinajstić information content (AvgIpc) is 3.14. The first-order valence-electron chi connectivity index (χ1n) is 9.77. The minimum Gasteiger partial charge on any atom is -0.364 e. The van der Waals surface area contributed by atoms with Crippen LogP contribution in [-0.4, -0.2) is 46.9 Å². The van der Waals surface area contributed by atoms with Crippen LogP contribution < -0.4 is 10.6 Å². The molecule has 0 bridgehead atoms. The van der Waals surface area contributed by atoms with Crippen LogP contribution in [0.5, 0.6) is 0 Å². The first kappa shape index (κ1) is 21.4.